The fourth-order valence-electron chi connectivity index (χ4n) is 1.59. The summed E-state index contributed by atoms with van der Waals surface area (Å²) in [6.45, 7) is 1.62. The number of rotatable bonds is 6. The molecule has 0 aliphatic rings. The van der Waals surface area contributed by atoms with Crippen LogP contribution in [0.2, 0.25) is 0 Å². The highest BCUT2D eigenvalue weighted by atomic mass is 31.2. The first-order valence-corrected chi connectivity index (χ1v) is 8.12. The number of hydrogen-bond acceptors (Lipinski definition) is 4. The minimum atomic E-state index is -3.35. The molecular formula is C8H22N2O4P2. The second-order valence-electron chi connectivity index (χ2n) is 3.82. The van der Waals surface area contributed by atoms with Gasteiger partial charge in [0.25, 0.3) is 0 Å². The quantitative estimate of drug-likeness (QED) is 0.690. The smallest absolute Gasteiger partial charge is 0.311 e. The van der Waals surface area contributed by atoms with Gasteiger partial charge >= 0.3 is 7.60 Å². The fraction of sp³-hybridized carbons (Fsp3) is 1.00. The zero-order valence-corrected chi connectivity index (χ0v) is 12.8. The van der Waals surface area contributed by atoms with E-state index in [9.17, 15) is 9.13 Å². The first-order valence-electron chi connectivity index (χ1n) is 4.83. The minimum Gasteiger partial charge on any atom is -0.311 e. The van der Waals surface area contributed by atoms with E-state index in [1.807, 2.05) is 0 Å². The molecule has 0 heterocycles. The van der Waals surface area contributed by atoms with E-state index in [-0.39, 0.29) is 0 Å². The van der Waals surface area contributed by atoms with Crippen LogP contribution in [0.5, 0.6) is 0 Å². The number of hydrogen-bond donors (Lipinski definition) is 0. The molecule has 0 radical (unpaired) electrons. The van der Waals surface area contributed by atoms with Gasteiger partial charge in [0.2, 0.25) is 7.44 Å². The Balaban J connectivity index is 5.43. The molecule has 98 valence electrons. The van der Waals surface area contributed by atoms with Crippen LogP contribution in [0.15, 0.2) is 0 Å². The van der Waals surface area contributed by atoms with Gasteiger partial charge < -0.3 is 9.05 Å². The highest BCUT2D eigenvalue weighted by Gasteiger charge is 2.47. The van der Waals surface area contributed by atoms with Gasteiger partial charge in [-0.3, -0.25) is 9.13 Å². The molecule has 0 bridgehead atoms. The van der Waals surface area contributed by atoms with E-state index < -0.39 is 20.4 Å². The third-order valence-corrected chi connectivity index (χ3v) is 9.55. The van der Waals surface area contributed by atoms with E-state index in [2.05, 4.69) is 0 Å². The first-order chi connectivity index (χ1) is 7.16. The zero-order valence-electron chi connectivity index (χ0n) is 11.0. The van der Waals surface area contributed by atoms with Gasteiger partial charge in [-0.05, 0) is 35.1 Å². The molecule has 0 aliphatic heterocycles. The first kappa shape index (κ1) is 16.3. The van der Waals surface area contributed by atoms with Gasteiger partial charge in [-0.15, -0.1) is 0 Å². The van der Waals surface area contributed by atoms with Gasteiger partial charge in [-0.1, -0.05) is 0 Å². The van der Waals surface area contributed by atoms with Gasteiger partial charge in [-0.25, -0.2) is 9.34 Å². The molecule has 0 rings (SSSR count). The molecule has 0 fully saturated rings. The maximum absolute atomic E-state index is 12.8. The van der Waals surface area contributed by atoms with Crippen LogP contribution in [0, 0.1) is 0 Å². The summed E-state index contributed by atoms with van der Waals surface area (Å²) < 4.78 is 38.0. The van der Waals surface area contributed by atoms with E-state index in [4.69, 9.17) is 9.05 Å². The maximum Gasteiger partial charge on any atom is 0.342 e. The minimum absolute atomic E-state index is 0.708. The lowest BCUT2D eigenvalue weighted by Gasteiger charge is -2.37. The molecule has 0 aliphatic carbocycles. The summed E-state index contributed by atoms with van der Waals surface area (Å²) in [6, 6.07) is 0. The van der Waals surface area contributed by atoms with Crippen molar-refractivity contribution in [1.29, 1.82) is 0 Å². The molecule has 0 saturated heterocycles. The second kappa shape index (κ2) is 5.76. The Morgan fingerprint density at radius 3 is 1.44 bits per heavy atom. The molecule has 1 atom stereocenters. The van der Waals surface area contributed by atoms with Crippen LogP contribution in [-0.2, 0) is 18.2 Å². The van der Waals surface area contributed by atoms with Crippen molar-refractivity contribution in [1.82, 2.24) is 9.34 Å². The molecule has 0 aromatic rings. The van der Waals surface area contributed by atoms with E-state index in [1.54, 1.807) is 44.5 Å². The summed E-state index contributed by atoms with van der Waals surface area (Å²) in [4.78, 5) is 0. The fourth-order valence-corrected chi connectivity index (χ4v) is 7.68. The van der Waals surface area contributed by atoms with Gasteiger partial charge in [0.15, 0.2) is 0 Å². The van der Waals surface area contributed by atoms with Gasteiger partial charge in [0.1, 0.15) is 5.40 Å². The summed E-state index contributed by atoms with van der Waals surface area (Å²) in [5.74, 6) is 0. The molecule has 16 heavy (non-hydrogen) atoms. The van der Waals surface area contributed by atoms with Crippen molar-refractivity contribution >= 4 is 15.0 Å². The van der Waals surface area contributed by atoms with Crippen LogP contribution in [0.25, 0.3) is 0 Å². The summed E-state index contributed by atoms with van der Waals surface area (Å²) >= 11 is 0. The van der Waals surface area contributed by atoms with Gasteiger partial charge in [0.05, 0.1) is 0 Å². The van der Waals surface area contributed by atoms with E-state index in [0.29, 0.717) is 0 Å². The Morgan fingerprint density at radius 2 is 1.25 bits per heavy atom. The Labute approximate surface area is 97.9 Å². The molecule has 0 spiro atoms. The summed E-state index contributed by atoms with van der Waals surface area (Å²) in [7, 11) is 3.05. The van der Waals surface area contributed by atoms with Crippen LogP contribution in [0.1, 0.15) is 6.92 Å². The predicted molar refractivity (Wildman–Crippen MR) is 66.1 cm³/mol. The average Bonchev–Trinajstić information content (AvgIpc) is 2.25. The summed E-state index contributed by atoms with van der Waals surface area (Å²) in [6.07, 6.45) is 0. The zero-order chi connectivity index (χ0) is 13.1. The summed E-state index contributed by atoms with van der Waals surface area (Å²) in [5, 5.41) is -0.708. The molecule has 0 N–H and O–H groups in total. The van der Waals surface area contributed by atoms with Crippen molar-refractivity contribution in [3.8, 4) is 0 Å². The molecule has 0 amide bonds. The monoisotopic (exact) mass is 272 g/mol. The second-order valence-corrected chi connectivity index (χ2v) is 10.4. The van der Waals surface area contributed by atoms with Crippen molar-refractivity contribution in [3.63, 3.8) is 0 Å². The Hall–Kier alpha value is 0.300. The highest BCUT2D eigenvalue weighted by Crippen LogP contribution is 2.69. The lowest BCUT2D eigenvalue weighted by molar-refractivity contribution is 0.271. The molecular weight excluding hydrogens is 250 g/mol. The third-order valence-electron chi connectivity index (χ3n) is 2.60. The van der Waals surface area contributed by atoms with Gasteiger partial charge in [0, 0.05) is 14.2 Å². The topological polar surface area (TPSA) is 59.1 Å². The van der Waals surface area contributed by atoms with Gasteiger partial charge in [-0.2, -0.15) is 0 Å². The normalized spacial score (nSPS) is 15.8. The lowest BCUT2D eigenvalue weighted by Crippen LogP contribution is -2.28. The Kier molecular flexibility index (Phi) is 5.87. The van der Waals surface area contributed by atoms with Crippen LogP contribution in [0.4, 0.5) is 0 Å². The number of nitrogens with zero attached hydrogens (tertiary/aromatic N) is 2. The predicted octanol–water partition coefficient (Wildman–Crippen LogP) is 2.13. The molecule has 0 aromatic carbocycles. The summed E-state index contributed by atoms with van der Waals surface area (Å²) in [5.41, 5.74) is 0. The van der Waals surface area contributed by atoms with E-state index in [0.717, 1.165) is 0 Å². The Bertz CT molecular complexity index is 299. The molecule has 8 heteroatoms. The lowest BCUT2D eigenvalue weighted by atomic mass is 11.0. The van der Waals surface area contributed by atoms with Crippen LogP contribution in [0.3, 0.4) is 0 Å². The van der Waals surface area contributed by atoms with E-state index >= 15 is 0 Å². The van der Waals surface area contributed by atoms with Crippen molar-refractivity contribution in [2.75, 3.05) is 42.4 Å². The standard InChI is InChI=1S/C8H22N2O4P2/c1-8(16(12,13-6)14-7)15(11,9(2)3)10(4)5/h8H,1-7H3. The average molecular weight is 272 g/mol. The SMILES string of the molecule is COP(=O)(OC)C(C)P(=O)(N(C)C)N(C)C. The molecule has 0 saturated carbocycles. The van der Waals surface area contributed by atoms with E-state index in [1.165, 1.54) is 14.2 Å². The van der Waals surface area contributed by atoms with Crippen molar-refractivity contribution in [2.24, 2.45) is 0 Å². The van der Waals surface area contributed by atoms with Crippen molar-refractivity contribution in [2.45, 2.75) is 12.3 Å². The van der Waals surface area contributed by atoms with Crippen LogP contribution in [-0.4, -0.2) is 57.2 Å². The van der Waals surface area contributed by atoms with Crippen LogP contribution >= 0.6 is 15.0 Å². The van der Waals surface area contributed by atoms with Crippen molar-refractivity contribution < 1.29 is 18.2 Å². The Morgan fingerprint density at radius 1 is 0.938 bits per heavy atom. The third kappa shape index (κ3) is 2.76. The molecule has 6 nitrogen and oxygen atoms in total. The maximum atomic E-state index is 12.8. The van der Waals surface area contributed by atoms with Crippen LogP contribution < -0.4 is 0 Å². The molecule has 0 aromatic heterocycles. The molecule has 1 unspecified atom stereocenters. The highest BCUT2D eigenvalue weighted by molar-refractivity contribution is 7.75. The van der Waals surface area contributed by atoms with Crippen molar-refractivity contribution in [3.05, 3.63) is 0 Å². The largest absolute Gasteiger partial charge is 0.342 e.